The minimum atomic E-state index is -4.56. The molecule has 20 heavy (non-hydrogen) atoms. The van der Waals surface area contributed by atoms with E-state index in [0.29, 0.717) is 11.5 Å². The highest BCUT2D eigenvalue weighted by Crippen LogP contribution is 2.36. The van der Waals surface area contributed by atoms with Gasteiger partial charge in [0, 0.05) is 17.7 Å². The summed E-state index contributed by atoms with van der Waals surface area (Å²) in [7, 11) is 0. The Morgan fingerprint density at radius 2 is 2.05 bits per heavy atom. The molecule has 0 atom stereocenters. The van der Waals surface area contributed by atoms with Gasteiger partial charge in [0.05, 0.1) is 5.56 Å². The van der Waals surface area contributed by atoms with Crippen molar-refractivity contribution in [2.24, 2.45) is 5.16 Å². The van der Waals surface area contributed by atoms with Crippen LogP contribution in [-0.4, -0.2) is 10.6 Å². The second kappa shape index (κ2) is 5.27. The second-order valence-electron chi connectivity index (χ2n) is 5.07. The summed E-state index contributed by atoms with van der Waals surface area (Å²) in [5, 5.41) is 4.38. The molecule has 1 aliphatic heterocycles. The molecule has 1 aliphatic rings. The number of benzene rings is 1. The Hall–Kier alpha value is -1.24. The molecular weight excluding hydrogens is 294 g/mol. The van der Waals surface area contributed by atoms with Gasteiger partial charge in [-0.2, -0.15) is 13.2 Å². The van der Waals surface area contributed by atoms with E-state index in [2.05, 4.69) is 5.16 Å². The molecule has 0 radical (unpaired) electrons. The van der Waals surface area contributed by atoms with E-state index < -0.39 is 23.2 Å². The monoisotopic (exact) mass is 307 g/mol. The molecule has 0 N–H and O–H groups in total. The van der Waals surface area contributed by atoms with Crippen molar-refractivity contribution in [3.8, 4) is 0 Å². The first-order valence-electron chi connectivity index (χ1n) is 5.91. The molecule has 0 saturated heterocycles. The van der Waals surface area contributed by atoms with Crippen LogP contribution in [0.25, 0.3) is 0 Å². The van der Waals surface area contributed by atoms with Crippen LogP contribution in [0.15, 0.2) is 23.4 Å². The Labute approximate surface area is 118 Å². The largest absolute Gasteiger partial charge is 0.416 e. The molecule has 0 fully saturated rings. The Morgan fingerprint density at radius 3 is 2.60 bits per heavy atom. The van der Waals surface area contributed by atoms with Crippen molar-refractivity contribution in [3.05, 3.63) is 35.1 Å². The standard InChI is InChI=1S/C13H13F4NOS/c1-12(2)6-11(18-19-12)20-7-8-9(13(15,16)17)4-3-5-10(8)14/h3-5H,6-7H2,1-2H3. The number of halogens is 4. The predicted molar refractivity (Wildman–Crippen MR) is 69.9 cm³/mol. The normalized spacial score (nSPS) is 17.8. The zero-order valence-electron chi connectivity index (χ0n) is 10.9. The van der Waals surface area contributed by atoms with Crippen LogP contribution in [0.5, 0.6) is 0 Å². The maximum atomic E-state index is 13.6. The lowest BCUT2D eigenvalue weighted by atomic mass is 10.1. The minimum Gasteiger partial charge on any atom is -0.389 e. The van der Waals surface area contributed by atoms with E-state index in [0.717, 1.165) is 30.0 Å². The third kappa shape index (κ3) is 3.45. The first-order valence-corrected chi connectivity index (χ1v) is 6.90. The lowest BCUT2D eigenvalue weighted by Crippen LogP contribution is -2.18. The van der Waals surface area contributed by atoms with Gasteiger partial charge in [0.25, 0.3) is 0 Å². The van der Waals surface area contributed by atoms with Crippen LogP contribution in [0.1, 0.15) is 31.4 Å². The van der Waals surface area contributed by atoms with Crippen LogP contribution in [0.2, 0.25) is 0 Å². The summed E-state index contributed by atoms with van der Waals surface area (Å²) in [5.74, 6) is -0.981. The summed E-state index contributed by atoms with van der Waals surface area (Å²) in [5.41, 5.74) is -1.74. The number of rotatable bonds is 2. The van der Waals surface area contributed by atoms with Gasteiger partial charge in [-0.1, -0.05) is 11.2 Å². The molecule has 0 amide bonds. The minimum absolute atomic E-state index is 0.125. The number of oxime groups is 1. The average Bonchev–Trinajstić information content (AvgIpc) is 2.66. The van der Waals surface area contributed by atoms with Crippen molar-refractivity contribution in [1.29, 1.82) is 0 Å². The number of alkyl halides is 3. The molecule has 1 aromatic carbocycles. The van der Waals surface area contributed by atoms with Gasteiger partial charge in [-0.15, -0.1) is 11.8 Å². The quantitative estimate of drug-likeness (QED) is 0.745. The lowest BCUT2D eigenvalue weighted by Gasteiger charge is -2.14. The van der Waals surface area contributed by atoms with Gasteiger partial charge < -0.3 is 4.84 Å². The van der Waals surface area contributed by atoms with E-state index in [4.69, 9.17) is 4.84 Å². The third-order valence-electron chi connectivity index (χ3n) is 2.78. The molecule has 0 spiro atoms. The number of hydrogen-bond donors (Lipinski definition) is 0. The van der Waals surface area contributed by atoms with Gasteiger partial charge in [-0.25, -0.2) is 4.39 Å². The maximum absolute atomic E-state index is 13.6. The first-order chi connectivity index (χ1) is 9.19. The first kappa shape index (κ1) is 15.2. The fraction of sp³-hybridized carbons (Fsp3) is 0.462. The Morgan fingerprint density at radius 1 is 1.35 bits per heavy atom. The Bertz CT molecular complexity index is 540. The van der Waals surface area contributed by atoms with Crippen molar-refractivity contribution in [3.63, 3.8) is 0 Å². The molecule has 1 aromatic rings. The number of nitrogens with zero attached hydrogens (tertiary/aromatic N) is 1. The summed E-state index contributed by atoms with van der Waals surface area (Å²) >= 11 is 1.07. The Kier molecular flexibility index (Phi) is 4.00. The van der Waals surface area contributed by atoms with Gasteiger partial charge in [0.2, 0.25) is 0 Å². The fourth-order valence-corrected chi connectivity index (χ4v) is 2.95. The van der Waals surface area contributed by atoms with Crippen LogP contribution in [0.4, 0.5) is 17.6 Å². The molecule has 0 saturated carbocycles. The van der Waals surface area contributed by atoms with Crippen LogP contribution in [0, 0.1) is 5.82 Å². The smallest absolute Gasteiger partial charge is 0.389 e. The summed E-state index contributed by atoms with van der Waals surface area (Å²) in [6.07, 6.45) is -4.06. The van der Waals surface area contributed by atoms with Crippen molar-refractivity contribution in [1.82, 2.24) is 0 Å². The van der Waals surface area contributed by atoms with E-state index in [1.165, 1.54) is 0 Å². The van der Waals surface area contributed by atoms with Crippen LogP contribution in [-0.2, 0) is 16.8 Å². The molecule has 0 aromatic heterocycles. The highest BCUT2D eigenvalue weighted by atomic mass is 32.2. The van der Waals surface area contributed by atoms with E-state index in [-0.39, 0.29) is 11.3 Å². The van der Waals surface area contributed by atoms with Gasteiger partial charge in [-0.05, 0) is 26.0 Å². The highest BCUT2D eigenvalue weighted by molar-refractivity contribution is 8.13. The Balaban J connectivity index is 2.14. The molecule has 1 heterocycles. The third-order valence-corrected chi connectivity index (χ3v) is 3.76. The maximum Gasteiger partial charge on any atom is 0.416 e. The molecule has 2 rings (SSSR count). The topological polar surface area (TPSA) is 21.6 Å². The lowest BCUT2D eigenvalue weighted by molar-refractivity contribution is -0.138. The number of thioether (sulfide) groups is 1. The highest BCUT2D eigenvalue weighted by Gasteiger charge is 2.35. The van der Waals surface area contributed by atoms with Crippen LogP contribution in [0.3, 0.4) is 0 Å². The molecule has 0 unspecified atom stereocenters. The zero-order chi connectivity index (χ0) is 15.0. The van der Waals surface area contributed by atoms with Crippen LogP contribution >= 0.6 is 11.8 Å². The van der Waals surface area contributed by atoms with E-state index in [1.54, 1.807) is 0 Å². The average molecular weight is 307 g/mol. The van der Waals surface area contributed by atoms with Crippen molar-refractivity contribution in [2.45, 2.75) is 37.8 Å². The molecule has 7 heteroatoms. The second-order valence-corrected chi connectivity index (χ2v) is 6.11. The molecule has 110 valence electrons. The zero-order valence-corrected chi connectivity index (χ0v) is 11.7. The van der Waals surface area contributed by atoms with Gasteiger partial charge >= 0.3 is 6.18 Å². The van der Waals surface area contributed by atoms with Crippen LogP contribution < -0.4 is 0 Å². The van der Waals surface area contributed by atoms with E-state index in [9.17, 15) is 17.6 Å². The van der Waals surface area contributed by atoms with E-state index in [1.807, 2.05) is 13.8 Å². The van der Waals surface area contributed by atoms with Gasteiger partial charge in [0.15, 0.2) is 0 Å². The van der Waals surface area contributed by atoms with Gasteiger partial charge in [0.1, 0.15) is 16.5 Å². The molecule has 0 aliphatic carbocycles. The van der Waals surface area contributed by atoms with Gasteiger partial charge in [-0.3, -0.25) is 0 Å². The van der Waals surface area contributed by atoms with Crippen molar-refractivity contribution >= 4 is 16.8 Å². The summed E-state index contributed by atoms with van der Waals surface area (Å²) in [6.45, 7) is 3.66. The summed E-state index contributed by atoms with van der Waals surface area (Å²) in [6, 6.07) is 2.98. The molecule has 2 nitrogen and oxygen atoms in total. The number of hydrogen-bond acceptors (Lipinski definition) is 3. The molecule has 0 bridgehead atoms. The summed E-state index contributed by atoms with van der Waals surface area (Å²) < 4.78 is 52.1. The predicted octanol–water partition coefficient (Wildman–Crippen LogP) is 4.59. The molecular formula is C13H13F4NOS. The van der Waals surface area contributed by atoms with Crippen molar-refractivity contribution < 1.29 is 22.4 Å². The summed E-state index contributed by atoms with van der Waals surface area (Å²) in [4.78, 5) is 5.12. The fourth-order valence-electron chi connectivity index (χ4n) is 1.81. The van der Waals surface area contributed by atoms with E-state index >= 15 is 0 Å². The van der Waals surface area contributed by atoms with Crippen molar-refractivity contribution in [2.75, 3.05) is 0 Å². The SMILES string of the molecule is CC1(C)CC(SCc2c(F)cccc2C(F)(F)F)=NO1.